The summed E-state index contributed by atoms with van der Waals surface area (Å²) in [6.07, 6.45) is 6.84. The fourth-order valence-corrected chi connectivity index (χ4v) is 2.34. The van der Waals surface area contributed by atoms with Gasteiger partial charge in [-0.05, 0) is 30.4 Å². The van der Waals surface area contributed by atoms with E-state index < -0.39 is 0 Å². The Morgan fingerprint density at radius 2 is 2.19 bits per heavy atom. The van der Waals surface area contributed by atoms with Crippen molar-refractivity contribution in [3.8, 4) is 5.88 Å². The number of nitrogens with two attached hydrogens (primary N) is 1. The molecule has 1 heterocycles. The lowest BCUT2D eigenvalue weighted by molar-refractivity contribution is 0.243. The summed E-state index contributed by atoms with van der Waals surface area (Å²) >= 11 is 6.13. The van der Waals surface area contributed by atoms with E-state index in [9.17, 15) is 0 Å². The summed E-state index contributed by atoms with van der Waals surface area (Å²) in [5.41, 5.74) is 6.46. The van der Waals surface area contributed by atoms with Crippen molar-refractivity contribution >= 4 is 11.6 Å². The number of halogens is 1. The highest BCUT2D eigenvalue weighted by Crippen LogP contribution is 2.28. The highest BCUT2D eigenvalue weighted by Gasteiger charge is 2.17. The van der Waals surface area contributed by atoms with Crippen LogP contribution in [0.4, 0.5) is 0 Å². The minimum Gasteiger partial charge on any atom is -0.476 e. The van der Waals surface area contributed by atoms with Gasteiger partial charge in [0.15, 0.2) is 0 Å². The highest BCUT2D eigenvalue weighted by atomic mass is 35.5. The van der Waals surface area contributed by atoms with Crippen LogP contribution in [0.15, 0.2) is 12.3 Å². The third-order valence-electron chi connectivity index (χ3n) is 3.09. The third-order valence-corrected chi connectivity index (χ3v) is 3.49. The summed E-state index contributed by atoms with van der Waals surface area (Å²) in [5.74, 6) is 1.19. The molecular weight excluding hydrogens is 224 g/mol. The molecule has 0 aliphatic heterocycles. The maximum absolute atomic E-state index is 6.13. The Morgan fingerprint density at radius 3 is 2.88 bits per heavy atom. The Hall–Kier alpha value is -0.800. The van der Waals surface area contributed by atoms with Crippen LogP contribution in [0.2, 0.25) is 5.02 Å². The van der Waals surface area contributed by atoms with Crippen LogP contribution >= 0.6 is 11.6 Å². The molecule has 16 heavy (non-hydrogen) atoms. The van der Waals surface area contributed by atoms with Gasteiger partial charge in [0.05, 0.1) is 6.61 Å². The molecule has 0 radical (unpaired) electrons. The molecule has 1 aliphatic carbocycles. The summed E-state index contributed by atoms with van der Waals surface area (Å²) in [4.78, 5) is 4.14. The van der Waals surface area contributed by atoms with Gasteiger partial charge < -0.3 is 10.5 Å². The van der Waals surface area contributed by atoms with Gasteiger partial charge in [-0.1, -0.05) is 24.4 Å². The first-order valence-corrected chi connectivity index (χ1v) is 6.15. The second-order valence-corrected chi connectivity index (χ2v) is 4.63. The molecular formula is C12H17ClN2O. The lowest BCUT2D eigenvalue weighted by Crippen LogP contribution is -2.10. The number of ether oxygens (including phenoxy) is 1. The molecule has 88 valence electrons. The monoisotopic (exact) mass is 240 g/mol. The predicted molar refractivity (Wildman–Crippen MR) is 64.6 cm³/mol. The number of hydrogen-bond acceptors (Lipinski definition) is 3. The van der Waals surface area contributed by atoms with E-state index in [0.29, 0.717) is 23.4 Å². The van der Waals surface area contributed by atoms with Gasteiger partial charge >= 0.3 is 0 Å². The number of aromatic nitrogens is 1. The maximum atomic E-state index is 6.13. The van der Waals surface area contributed by atoms with Gasteiger partial charge in [-0.3, -0.25) is 0 Å². The first kappa shape index (κ1) is 11.7. The van der Waals surface area contributed by atoms with E-state index >= 15 is 0 Å². The van der Waals surface area contributed by atoms with Crippen molar-refractivity contribution in [2.75, 3.05) is 6.61 Å². The van der Waals surface area contributed by atoms with E-state index in [0.717, 1.165) is 12.2 Å². The number of hydrogen-bond donors (Lipinski definition) is 1. The highest BCUT2D eigenvalue weighted by molar-refractivity contribution is 6.32. The Balaban J connectivity index is 1.97. The number of pyridine rings is 1. The Morgan fingerprint density at radius 1 is 1.44 bits per heavy atom. The largest absolute Gasteiger partial charge is 0.476 e. The molecule has 0 bridgehead atoms. The Kier molecular flexibility index (Phi) is 4.02. The van der Waals surface area contributed by atoms with Crippen molar-refractivity contribution in [1.29, 1.82) is 0 Å². The van der Waals surface area contributed by atoms with Crippen LogP contribution in [0.1, 0.15) is 31.2 Å². The zero-order valence-corrected chi connectivity index (χ0v) is 10.0. The summed E-state index contributed by atoms with van der Waals surface area (Å²) in [5, 5.41) is 0.558. The van der Waals surface area contributed by atoms with E-state index in [1.807, 2.05) is 6.07 Å². The smallest absolute Gasteiger partial charge is 0.232 e. The molecule has 0 saturated heterocycles. The third kappa shape index (κ3) is 2.66. The minimum atomic E-state index is 0.418. The van der Waals surface area contributed by atoms with E-state index in [-0.39, 0.29) is 0 Å². The van der Waals surface area contributed by atoms with Crippen molar-refractivity contribution in [1.82, 2.24) is 4.98 Å². The summed E-state index contributed by atoms with van der Waals surface area (Å²) in [7, 11) is 0. The molecule has 0 spiro atoms. The summed E-state index contributed by atoms with van der Waals surface area (Å²) in [6, 6.07) is 1.82. The molecule has 0 unspecified atom stereocenters. The summed E-state index contributed by atoms with van der Waals surface area (Å²) in [6.45, 7) is 1.14. The average molecular weight is 241 g/mol. The van der Waals surface area contributed by atoms with Crippen molar-refractivity contribution in [2.24, 2.45) is 11.7 Å². The SMILES string of the molecule is NCc1ccnc(OCC2CCCC2)c1Cl. The van der Waals surface area contributed by atoms with Crippen molar-refractivity contribution in [2.45, 2.75) is 32.2 Å². The van der Waals surface area contributed by atoms with Gasteiger partial charge in [-0.15, -0.1) is 0 Å². The van der Waals surface area contributed by atoms with Crippen LogP contribution in [0.5, 0.6) is 5.88 Å². The first-order valence-electron chi connectivity index (χ1n) is 5.77. The van der Waals surface area contributed by atoms with Crippen molar-refractivity contribution in [3.05, 3.63) is 22.8 Å². The lowest BCUT2D eigenvalue weighted by Gasteiger charge is -2.12. The molecule has 1 saturated carbocycles. The van der Waals surface area contributed by atoms with Crippen LogP contribution in [0.25, 0.3) is 0 Å². The van der Waals surface area contributed by atoms with Gasteiger partial charge in [0.2, 0.25) is 5.88 Å². The van der Waals surface area contributed by atoms with Crippen LogP contribution in [-0.4, -0.2) is 11.6 Å². The topological polar surface area (TPSA) is 48.1 Å². The summed E-state index contributed by atoms with van der Waals surface area (Å²) < 4.78 is 5.66. The molecule has 1 aliphatic rings. The molecule has 1 aromatic rings. The van der Waals surface area contributed by atoms with Crippen LogP contribution in [0.3, 0.4) is 0 Å². The molecule has 4 heteroatoms. The quantitative estimate of drug-likeness (QED) is 0.881. The molecule has 3 nitrogen and oxygen atoms in total. The predicted octanol–water partition coefficient (Wildman–Crippen LogP) is 2.76. The molecule has 0 atom stereocenters. The lowest BCUT2D eigenvalue weighted by atomic mass is 10.1. The number of rotatable bonds is 4. The van der Waals surface area contributed by atoms with Gasteiger partial charge in [0.1, 0.15) is 5.02 Å². The van der Waals surface area contributed by atoms with E-state index in [2.05, 4.69) is 4.98 Å². The standard InChI is InChI=1S/C12H17ClN2O/c13-11-10(7-14)5-6-15-12(11)16-8-9-3-1-2-4-9/h5-6,9H,1-4,7-8,14H2. The minimum absolute atomic E-state index is 0.418. The molecule has 2 N–H and O–H groups in total. The number of nitrogens with zero attached hydrogens (tertiary/aromatic N) is 1. The van der Waals surface area contributed by atoms with Crippen LogP contribution in [0, 0.1) is 5.92 Å². The van der Waals surface area contributed by atoms with Gasteiger partial charge in [0, 0.05) is 12.7 Å². The first-order chi connectivity index (χ1) is 7.81. The molecule has 0 aromatic carbocycles. The van der Waals surface area contributed by atoms with E-state index in [4.69, 9.17) is 22.1 Å². The average Bonchev–Trinajstić information content (AvgIpc) is 2.81. The molecule has 1 fully saturated rings. The molecule has 2 rings (SSSR count). The van der Waals surface area contributed by atoms with E-state index in [1.165, 1.54) is 25.7 Å². The molecule has 1 aromatic heterocycles. The van der Waals surface area contributed by atoms with Gasteiger partial charge in [-0.2, -0.15) is 0 Å². The Labute approximate surface area is 101 Å². The van der Waals surface area contributed by atoms with E-state index in [1.54, 1.807) is 6.20 Å². The fourth-order valence-electron chi connectivity index (χ4n) is 2.09. The van der Waals surface area contributed by atoms with Gasteiger partial charge in [0.25, 0.3) is 0 Å². The van der Waals surface area contributed by atoms with Crippen molar-refractivity contribution < 1.29 is 4.74 Å². The Bertz CT molecular complexity index is 351. The fraction of sp³-hybridized carbons (Fsp3) is 0.583. The zero-order valence-electron chi connectivity index (χ0n) is 9.29. The second-order valence-electron chi connectivity index (χ2n) is 4.25. The zero-order chi connectivity index (χ0) is 11.4. The maximum Gasteiger partial charge on any atom is 0.232 e. The second kappa shape index (κ2) is 5.51. The van der Waals surface area contributed by atoms with Crippen molar-refractivity contribution in [3.63, 3.8) is 0 Å². The van der Waals surface area contributed by atoms with Gasteiger partial charge in [-0.25, -0.2) is 4.98 Å². The normalized spacial score (nSPS) is 16.6. The molecule has 0 amide bonds. The van der Waals surface area contributed by atoms with Crippen LogP contribution < -0.4 is 10.5 Å². The van der Waals surface area contributed by atoms with Crippen LogP contribution in [-0.2, 0) is 6.54 Å².